The minimum absolute atomic E-state index is 0. The zero-order valence-corrected chi connectivity index (χ0v) is 20.1. The Morgan fingerprint density at radius 1 is 1.33 bits per heavy atom. The molecule has 0 radical (unpaired) electrons. The van der Waals surface area contributed by atoms with Gasteiger partial charge in [0.15, 0.2) is 5.96 Å². The third-order valence-electron chi connectivity index (χ3n) is 3.97. The van der Waals surface area contributed by atoms with Crippen LogP contribution in [0.1, 0.15) is 34.2 Å². The van der Waals surface area contributed by atoms with Crippen molar-refractivity contribution in [2.45, 2.75) is 33.3 Å². The lowest BCUT2D eigenvalue weighted by Crippen LogP contribution is -2.38. The van der Waals surface area contributed by atoms with Crippen molar-refractivity contribution < 1.29 is 4.74 Å². The molecule has 0 fully saturated rings. The van der Waals surface area contributed by atoms with Gasteiger partial charge in [-0.25, -0.2) is 4.98 Å². The molecule has 0 aliphatic heterocycles. The van der Waals surface area contributed by atoms with E-state index >= 15 is 0 Å². The monoisotopic (exact) mass is 522 g/mol. The molecule has 8 heteroatoms. The van der Waals surface area contributed by atoms with Gasteiger partial charge in [-0.2, -0.15) is 0 Å². The van der Waals surface area contributed by atoms with Crippen molar-refractivity contribution in [1.82, 2.24) is 15.6 Å². The summed E-state index contributed by atoms with van der Waals surface area (Å²) in [5.41, 5.74) is 2.14. The minimum Gasteiger partial charge on any atom is -0.375 e. The van der Waals surface area contributed by atoms with E-state index in [4.69, 9.17) is 16.3 Å². The summed E-state index contributed by atoms with van der Waals surface area (Å²) in [6.45, 7) is 8.31. The van der Waals surface area contributed by atoms with Gasteiger partial charge in [-0.15, -0.1) is 35.3 Å². The van der Waals surface area contributed by atoms with E-state index in [0.717, 1.165) is 41.7 Å². The maximum absolute atomic E-state index is 6.08. The minimum atomic E-state index is -0.131. The molecule has 0 aliphatic carbocycles. The summed E-state index contributed by atoms with van der Waals surface area (Å²) in [4.78, 5) is 10.5. The number of guanidine groups is 1. The molecule has 0 bridgehead atoms. The maximum Gasteiger partial charge on any atom is 0.191 e. The normalized spacial score (nSPS) is 12.4. The van der Waals surface area contributed by atoms with Gasteiger partial charge in [0.2, 0.25) is 0 Å². The fourth-order valence-corrected chi connectivity index (χ4v) is 3.60. The molecule has 150 valence electrons. The van der Waals surface area contributed by atoms with Crippen molar-refractivity contribution >= 4 is 52.9 Å². The van der Waals surface area contributed by atoms with Gasteiger partial charge in [0.1, 0.15) is 6.10 Å². The van der Waals surface area contributed by atoms with E-state index in [1.54, 1.807) is 18.4 Å². The van der Waals surface area contributed by atoms with E-state index in [1.807, 2.05) is 24.3 Å². The Hall–Kier alpha value is -0.900. The van der Waals surface area contributed by atoms with Crippen molar-refractivity contribution in [3.8, 4) is 0 Å². The zero-order chi connectivity index (χ0) is 18.9. The number of aromatic nitrogens is 1. The number of nitrogens with one attached hydrogen (secondary N) is 2. The highest BCUT2D eigenvalue weighted by atomic mass is 127. The van der Waals surface area contributed by atoms with Crippen LogP contribution < -0.4 is 10.6 Å². The van der Waals surface area contributed by atoms with Crippen LogP contribution in [0.25, 0.3) is 0 Å². The Kier molecular flexibility index (Phi) is 11.2. The second-order valence-corrected chi connectivity index (χ2v) is 7.65. The molecule has 27 heavy (non-hydrogen) atoms. The molecular formula is C19H28ClIN4OS. The lowest BCUT2D eigenvalue weighted by molar-refractivity contribution is 0.111. The summed E-state index contributed by atoms with van der Waals surface area (Å²) < 4.78 is 5.58. The molecule has 1 atom stereocenters. The summed E-state index contributed by atoms with van der Waals surface area (Å²) in [7, 11) is 1.69. The molecular weight excluding hydrogens is 495 g/mol. The number of nitrogens with zero attached hydrogens (tertiary/aromatic N) is 2. The highest BCUT2D eigenvalue weighted by molar-refractivity contribution is 14.0. The summed E-state index contributed by atoms with van der Waals surface area (Å²) in [6, 6.07) is 7.70. The molecule has 1 aromatic carbocycles. The van der Waals surface area contributed by atoms with Crippen molar-refractivity contribution in [1.29, 1.82) is 0 Å². The van der Waals surface area contributed by atoms with E-state index in [1.165, 1.54) is 4.88 Å². The van der Waals surface area contributed by atoms with Crippen LogP contribution in [0.15, 0.2) is 29.3 Å². The Bertz CT molecular complexity index is 719. The first-order valence-electron chi connectivity index (χ1n) is 8.76. The van der Waals surface area contributed by atoms with Crippen LogP contribution in [-0.2, 0) is 11.2 Å². The maximum atomic E-state index is 6.08. The molecule has 1 heterocycles. The number of thiazole rings is 1. The summed E-state index contributed by atoms with van der Waals surface area (Å²) in [6.07, 6.45) is 0.750. The van der Waals surface area contributed by atoms with Crippen LogP contribution in [0.3, 0.4) is 0 Å². The van der Waals surface area contributed by atoms with Crippen molar-refractivity contribution in [3.63, 3.8) is 0 Å². The number of hydrogen-bond acceptors (Lipinski definition) is 4. The molecule has 1 unspecified atom stereocenters. The fraction of sp³-hybridized carbons (Fsp3) is 0.474. The Balaban J connectivity index is 0.00000364. The Morgan fingerprint density at radius 2 is 2.11 bits per heavy atom. The number of rotatable bonds is 8. The standard InChI is InChI=1S/C19H27ClN4OS.HI/c1-5-21-19(22-10-9-18-24-13(2)14(3)26-18)23-12-17(25-4)15-7-6-8-16(20)11-15;/h6-8,11,17H,5,9-10,12H2,1-4H3,(H2,21,22,23);1H. The molecule has 5 nitrogen and oxygen atoms in total. The smallest absolute Gasteiger partial charge is 0.191 e. The summed E-state index contributed by atoms with van der Waals surface area (Å²) in [5.74, 6) is 0.779. The number of aryl methyl sites for hydroxylation is 2. The van der Waals surface area contributed by atoms with E-state index in [0.29, 0.717) is 11.6 Å². The molecule has 1 aromatic heterocycles. The lowest BCUT2D eigenvalue weighted by Gasteiger charge is -2.16. The molecule has 2 rings (SSSR count). The van der Waals surface area contributed by atoms with Gasteiger partial charge in [0.05, 0.1) is 17.2 Å². The highest BCUT2D eigenvalue weighted by Gasteiger charge is 2.11. The first-order chi connectivity index (χ1) is 12.5. The largest absolute Gasteiger partial charge is 0.375 e. The van der Waals surface area contributed by atoms with Gasteiger partial charge in [-0.3, -0.25) is 4.99 Å². The van der Waals surface area contributed by atoms with Crippen molar-refractivity contribution in [3.05, 3.63) is 50.4 Å². The van der Waals surface area contributed by atoms with E-state index in [9.17, 15) is 0 Å². The third-order valence-corrected chi connectivity index (χ3v) is 5.34. The lowest BCUT2D eigenvalue weighted by atomic mass is 10.1. The number of ether oxygens (including phenoxy) is 1. The van der Waals surface area contributed by atoms with Crippen LogP contribution in [0.4, 0.5) is 0 Å². The predicted octanol–water partition coefficient (Wildman–Crippen LogP) is 4.52. The third kappa shape index (κ3) is 7.93. The first kappa shape index (κ1) is 24.1. The fourth-order valence-electron chi connectivity index (χ4n) is 2.47. The van der Waals surface area contributed by atoms with Crippen LogP contribution in [-0.4, -0.2) is 37.7 Å². The predicted molar refractivity (Wildman–Crippen MR) is 126 cm³/mol. The summed E-state index contributed by atoms with van der Waals surface area (Å²) >= 11 is 7.83. The van der Waals surface area contributed by atoms with Gasteiger partial charge in [-0.05, 0) is 38.5 Å². The van der Waals surface area contributed by atoms with Gasteiger partial charge < -0.3 is 15.4 Å². The average Bonchev–Trinajstić information content (AvgIpc) is 2.93. The number of hydrogen-bond donors (Lipinski definition) is 2. The second-order valence-electron chi connectivity index (χ2n) is 5.92. The molecule has 0 spiro atoms. The van der Waals surface area contributed by atoms with Crippen LogP contribution >= 0.6 is 46.9 Å². The van der Waals surface area contributed by atoms with Crippen LogP contribution in [0.5, 0.6) is 0 Å². The number of aliphatic imine (C=N–C) groups is 1. The van der Waals surface area contributed by atoms with E-state index in [2.05, 4.69) is 41.4 Å². The topological polar surface area (TPSA) is 58.5 Å². The van der Waals surface area contributed by atoms with Crippen molar-refractivity contribution in [2.24, 2.45) is 4.99 Å². The van der Waals surface area contributed by atoms with Crippen LogP contribution in [0, 0.1) is 13.8 Å². The van der Waals surface area contributed by atoms with Crippen LogP contribution in [0.2, 0.25) is 5.02 Å². The van der Waals surface area contributed by atoms with Gasteiger partial charge >= 0.3 is 0 Å². The van der Waals surface area contributed by atoms with E-state index in [-0.39, 0.29) is 30.1 Å². The van der Waals surface area contributed by atoms with Gasteiger partial charge in [0.25, 0.3) is 0 Å². The van der Waals surface area contributed by atoms with Gasteiger partial charge in [-0.1, -0.05) is 23.7 Å². The Morgan fingerprint density at radius 3 is 2.70 bits per heavy atom. The van der Waals surface area contributed by atoms with Gasteiger partial charge in [0, 0.05) is 36.5 Å². The second kappa shape index (κ2) is 12.5. The Labute approximate surface area is 188 Å². The first-order valence-corrected chi connectivity index (χ1v) is 9.96. The molecule has 2 N–H and O–H groups in total. The van der Waals surface area contributed by atoms with E-state index < -0.39 is 0 Å². The number of methoxy groups -OCH3 is 1. The molecule has 0 saturated carbocycles. The van der Waals surface area contributed by atoms with Crippen molar-refractivity contribution in [2.75, 3.05) is 26.7 Å². The number of benzene rings is 1. The SMILES string of the molecule is CCNC(=NCC(OC)c1cccc(Cl)c1)NCCc1nc(C)c(C)s1.I. The summed E-state index contributed by atoms with van der Waals surface area (Å²) in [5, 5.41) is 8.48. The molecule has 0 amide bonds. The quantitative estimate of drug-likeness (QED) is 0.304. The average molecular weight is 523 g/mol. The molecule has 0 aliphatic rings. The number of halogens is 2. The zero-order valence-electron chi connectivity index (χ0n) is 16.2. The molecule has 0 saturated heterocycles. The highest BCUT2D eigenvalue weighted by Crippen LogP contribution is 2.20. The molecule has 2 aromatic rings.